The van der Waals surface area contributed by atoms with Gasteiger partial charge in [-0.1, -0.05) is 88.0 Å². The Balaban J connectivity index is 0.000000150. The number of fused-ring (bicyclic) bond motifs is 1. The molecule has 0 aromatic rings. The van der Waals surface area contributed by atoms with E-state index in [1.807, 2.05) is 13.8 Å². The molecule has 29 heavy (non-hydrogen) atoms. The molecule has 7 rings (SSSR count). The van der Waals surface area contributed by atoms with Crippen LogP contribution in [0.4, 0.5) is 0 Å². The quantitative estimate of drug-likeness (QED) is 0.427. The molecule has 4 bridgehead atoms. The van der Waals surface area contributed by atoms with E-state index in [4.69, 9.17) is 0 Å². The van der Waals surface area contributed by atoms with Crippen LogP contribution in [0.2, 0.25) is 0 Å². The summed E-state index contributed by atoms with van der Waals surface area (Å²) in [5, 5.41) is 0. The van der Waals surface area contributed by atoms with Gasteiger partial charge >= 0.3 is 0 Å². The van der Waals surface area contributed by atoms with E-state index in [-0.39, 0.29) is 0 Å². The monoisotopic (exact) mass is 404 g/mol. The van der Waals surface area contributed by atoms with Crippen LogP contribution in [0.25, 0.3) is 0 Å². The van der Waals surface area contributed by atoms with E-state index in [9.17, 15) is 0 Å². The summed E-state index contributed by atoms with van der Waals surface area (Å²) in [6.07, 6.45) is 19.7. The first-order valence-electron chi connectivity index (χ1n) is 13.5. The Morgan fingerprint density at radius 3 is 1.45 bits per heavy atom. The van der Waals surface area contributed by atoms with Crippen LogP contribution in [0.5, 0.6) is 0 Å². The molecular formula is C29H56. The molecule has 0 aromatic heterocycles. The third-order valence-corrected chi connectivity index (χ3v) is 8.89. The van der Waals surface area contributed by atoms with Gasteiger partial charge < -0.3 is 0 Å². The van der Waals surface area contributed by atoms with E-state index in [1.54, 1.807) is 0 Å². The van der Waals surface area contributed by atoms with Gasteiger partial charge in [-0.05, 0) is 97.2 Å². The van der Waals surface area contributed by atoms with E-state index in [0.29, 0.717) is 0 Å². The molecule has 0 aliphatic heterocycles. The third-order valence-electron chi connectivity index (χ3n) is 8.89. The van der Waals surface area contributed by atoms with Gasteiger partial charge in [-0.15, -0.1) is 0 Å². The molecule has 7 aliphatic carbocycles. The van der Waals surface area contributed by atoms with Gasteiger partial charge in [-0.3, -0.25) is 0 Å². The van der Waals surface area contributed by atoms with Crippen molar-refractivity contribution in [2.24, 2.45) is 39.4 Å². The van der Waals surface area contributed by atoms with Gasteiger partial charge in [0.1, 0.15) is 0 Å². The molecule has 0 spiro atoms. The standard InChI is InChI=1S/C10H18.C9H16.C8H16.C2H6/c1-8(2)4-10-5-9(3,6-10)7-10;1-3-9-5-4-8(2,6-9)7-9;1-7(2)6-8-4-3-5-8;1-2/h8H,4-7H2,1-3H3;3-7H2,1-2H3;7-8H,3-6H2,1-2H3;1-2H3. The molecular weight excluding hydrogens is 348 g/mol. The van der Waals surface area contributed by atoms with Crippen molar-refractivity contribution in [3.8, 4) is 0 Å². The second kappa shape index (κ2) is 9.65. The predicted octanol–water partition coefficient (Wildman–Crippen LogP) is 10.1. The second-order valence-electron chi connectivity index (χ2n) is 13.4. The maximum atomic E-state index is 2.45. The van der Waals surface area contributed by atoms with Crippen molar-refractivity contribution in [3.63, 3.8) is 0 Å². The van der Waals surface area contributed by atoms with Crippen LogP contribution in [-0.2, 0) is 0 Å². The first-order valence-corrected chi connectivity index (χ1v) is 13.5. The second-order valence-corrected chi connectivity index (χ2v) is 13.4. The van der Waals surface area contributed by atoms with E-state index in [1.165, 1.54) is 83.5 Å². The molecule has 0 N–H and O–H groups in total. The third kappa shape index (κ3) is 6.26. The molecule has 0 aromatic carbocycles. The van der Waals surface area contributed by atoms with E-state index >= 15 is 0 Å². The van der Waals surface area contributed by atoms with Gasteiger partial charge in [0.2, 0.25) is 0 Å². The molecule has 0 saturated heterocycles. The van der Waals surface area contributed by atoms with Crippen LogP contribution in [0.1, 0.15) is 146 Å². The summed E-state index contributed by atoms with van der Waals surface area (Å²) in [6, 6.07) is 0. The van der Waals surface area contributed by atoms with Gasteiger partial charge in [0.05, 0.1) is 0 Å². The lowest BCUT2D eigenvalue weighted by molar-refractivity contribution is -0.199. The Morgan fingerprint density at radius 1 is 0.724 bits per heavy atom. The highest BCUT2D eigenvalue weighted by Gasteiger charge is 2.64. The Kier molecular flexibility index (Phi) is 8.40. The van der Waals surface area contributed by atoms with Crippen molar-refractivity contribution in [2.75, 3.05) is 0 Å². The molecule has 7 fully saturated rings. The molecule has 0 nitrogen and oxygen atoms in total. The first kappa shape index (κ1) is 25.3. The summed E-state index contributed by atoms with van der Waals surface area (Å²) in [5.74, 6) is 2.96. The van der Waals surface area contributed by atoms with E-state index in [0.717, 1.165) is 39.4 Å². The maximum absolute atomic E-state index is 2.45. The summed E-state index contributed by atoms with van der Waals surface area (Å²) in [6.45, 7) is 20.6. The topological polar surface area (TPSA) is 0 Å². The Bertz CT molecular complexity index is 466. The normalized spacial score (nSPS) is 40.7. The highest BCUT2D eigenvalue weighted by molar-refractivity contribution is 5.14. The molecule has 0 heteroatoms. The minimum Gasteiger partial charge on any atom is -0.0683 e. The molecule has 0 heterocycles. The molecule has 172 valence electrons. The van der Waals surface area contributed by atoms with Crippen LogP contribution in [0, 0.1) is 39.4 Å². The Morgan fingerprint density at radius 2 is 1.24 bits per heavy atom. The fraction of sp³-hybridized carbons (Fsp3) is 1.00. The van der Waals surface area contributed by atoms with E-state index < -0.39 is 0 Å². The van der Waals surface area contributed by atoms with E-state index in [2.05, 4.69) is 48.5 Å². The van der Waals surface area contributed by atoms with Crippen LogP contribution in [0.3, 0.4) is 0 Å². The predicted molar refractivity (Wildman–Crippen MR) is 131 cm³/mol. The lowest BCUT2D eigenvalue weighted by Gasteiger charge is -2.70. The Hall–Kier alpha value is 0. The van der Waals surface area contributed by atoms with Gasteiger partial charge in [0.25, 0.3) is 0 Å². The molecule has 0 atom stereocenters. The smallest absolute Gasteiger partial charge is 0.0280 e. The zero-order valence-electron chi connectivity index (χ0n) is 21.9. The number of hydrogen-bond donors (Lipinski definition) is 0. The molecule has 7 saturated carbocycles. The largest absolute Gasteiger partial charge is 0.0683 e. The zero-order valence-corrected chi connectivity index (χ0v) is 21.9. The number of hydrogen-bond acceptors (Lipinski definition) is 0. The Labute approximate surface area is 185 Å². The zero-order chi connectivity index (χ0) is 21.9. The average molecular weight is 405 g/mol. The number of rotatable bonds is 5. The summed E-state index contributed by atoms with van der Waals surface area (Å²) in [5.41, 5.74) is 3.31. The lowest BCUT2D eigenvalue weighted by atomic mass is 9.34. The van der Waals surface area contributed by atoms with Crippen molar-refractivity contribution in [2.45, 2.75) is 146 Å². The summed E-state index contributed by atoms with van der Waals surface area (Å²) >= 11 is 0. The van der Waals surface area contributed by atoms with Crippen molar-refractivity contribution >= 4 is 0 Å². The van der Waals surface area contributed by atoms with Crippen molar-refractivity contribution in [1.29, 1.82) is 0 Å². The first-order chi connectivity index (χ1) is 13.5. The maximum Gasteiger partial charge on any atom is -0.0280 e. The minimum atomic E-state index is 0.802. The fourth-order valence-electron chi connectivity index (χ4n) is 8.14. The van der Waals surface area contributed by atoms with Crippen molar-refractivity contribution < 1.29 is 0 Å². The highest BCUT2D eigenvalue weighted by Crippen LogP contribution is 2.75. The minimum absolute atomic E-state index is 0.802. The summed E-state index contributed by atoms with van der Waals surface area (Å²) in [7, 11) is 0. The highest BCUT2D eigenvalue weighted by atomic mass is 14.7. The molecule has 0 unspecified atom stereocenters. The molecule has 0 amide bonds. The van der Waals surface area contributed by atoms with Gasteiger partial charge in [0, 0.05) is 0 Å². The van der Waals surface area contributed by atoms with Gasteiger partial charge in [-0.25, -0.2) is 0 Å². The van der Waals surface area contributed by atoms with Crippen LogP contribution in [-0.4, -0.2) is 0 Å². The average Bonchev–Trinajstić information content (AvgIpc) is 3.05. The van der Waals surface area contributed by atoms with Crippen LogP contribution in [0.15, 0.2) is 0 Å². The van der Waals surface area contributed by atoms with Crippen molar-refractivity contribution in [1.82, 2.24) is 0 Å². The fourth-order valence-corrected chi connectivity index (χ4v) is 8.14. The summed E-state index contributed by atoms with van der Waals surface area (Å²) in [4.78, 5) is 0. The lowest BCUT2D eigenvalue weighted by Crippen LogP contribution is -2.60. The molecule has 0 radical (unpaired) electrons. The van der Waals surface area contributed by atoms with Crippen LogP contribution < -0.4 is 0 Å². The molecule has 7 aliphatic rings. The van der Waals surface area contributed by atoms with Crippen LogP contribution >= 0.6 is 0 Å². The van der Waals surface area contributed by atoms with Gasteiger partial charge in [0.15, 0.2) is 0 Å². The van der Waals surface area contributed by atoms with Crippen molar-refractivity contribution in [3.05, 3.63) is 0 Å². The summed E-state index contributed by atoms with van der Waals surface area (Å²) < 4.78 is 0. The SMILES string of the molecule is CC.CC(C)CC12CC(C)(C1)C2.CC(C)CC1CCC1.CCC12CCC(C)(C1)C2. The van der Waals surface area contributed by atoms with Gasteiger partial charge in [-0.2, -0.15) is 0 Å².